The maximum atomic E-state index is 4.23. The van der Waals surface area contributed by atoms with Gasteiger partial charge in [-0.1, -0.05) is 19.4 Å². The van der Waals surface area contributed by atoms with E-state index in [1.165, 1.54) is 12.0 Å². The monoisotopic (exact) mass is 260 g/mol. The van der Waals surface area contributed by atoms with Gasteiger partial charge in [-0.15, -0.1) is 0 Å². The highest BCUT2D eigenvalue weighted by Crippen LogP contribution is 2.11. The molecular formula is C15H24N4. The number of nitrogens with zero attached hydrogens (tertiary/aromatic N) is 1. The second-order valence-corrected chi connectivity index (χ2v) is 5.04. The Hall–Kier alpha value is -1.39. The van der Waals surface area contributed by atoms with E-state index in [9.17, 15) is 0 Å². The highest BCUT2D eigenvalue weighted by molar-refractivity contribution is 5.75. The molecule has 0 radical (unpaired) electrons. The van der Waals surface area contributed by atoms with Crippen molar-refractivity contribution in [2.45, 2.75) is 19.8 Å². The van der Waals surface area contributed by atoms with E-state index in [1.54, 1.807) is 6.33 Å². The molecule has 0 bridgehead atoms. The van der Waals surface area contributed by atoms with E-state index in [0.717, 1.165) is 43.0 Å². The number of rotatable bonds is 8. The van der Waals surface area contributed by atoms with Crippen molar-refractivity contribution in [2.75, 3.05) is 26.7 Å². The summed E-state index contributed by atoms with van der Waals surface area (Å²) in [6, 6.07) is 6.43. The Kier molecular flexibility index (Phi) is 5.36. The maximum absolute atomic E-state index is 4.23. The fraction of sp³-hybridized carbons (Fsp3) is 0.533. The van der Waals surface area contributed by atoms with E-state index in [4.69, 9.17) is 0 Å². The van der Waals surface area contributed by atoms with Crippen molar-refractivity contribution in [3.05, 3.63) is 30.1 Å². The van der Waals surface area contributed by atoms with Crippen LogP contribution in [0.5, 0.6) is 0 Å². The molecule has 0 saturated heterocycles. The molecule has 1 aromatic heterocycles. The minimum atomic E-state index is 0.722. The molecule has 1 aromatic carbocycles. The summed E-state index contributed by atoms with van der Waals surface area (Å²) in [4.78, 5) is 7.39. The molecule has 104 valence electrons. The zero-order valence-electron chi connectivity index (χ0n) is 11.9. The average Bonchev–Trinajstić information content (AvgIpc) is 2.89. The van der Waals surface area contributed by atoms with Gasteiger partial charge in [-0.2, -0.15) is 0 Å². The number of hydrogen-bond donors (Lipinski definition) is 3. The number of H-pyrrole nitrogens is 1. The van der Waals surface area contributed by atoms with Crippen LogP contribution in [-0.4, -0.2) is 36.6 Å². The third-order valence-corrected chi connectivity index (χ3v) is 3.58. The summed E-state index contributed by atoms with van der Waals surface area (Å²) in [5.41, 5.74) is 3.52. The highest BCUT2D eigenvalue weighted by Gasteiger charge is 2.04. The third-order valence-electron chi connectivity index (χ3n) is 3.58. The van der Waals surface area contributed by atoms with Crippen molar-refractivity contribution < 1.29 is 0 Å². The number of nitrogens with one attached hydrogen (secondary N) is 3. The Morgan fingerprint density at radius 1 is 1.32 bits per heavy atom. The average molecular weight is 260 g/mol. The molecule has 2 aromatic rings. The second-order valence-electron chi connectivity index (χ2n) is 5.04. The van der Waals surface area contributed by atoms with Crippen molar-refractivity contribution in [1.29, 1.82) is 0 Å². The van der Waals surface area contributed by atoms with Crippen molar-refractivity contribution in [2.24, 2.45) is 5.92 Å². The summed E-state index contributed by atoms with van der Waals surface area (Å²) in [6.07, 6.45) is 4.02. The molecule has 3 N–H and O–H groups in total. The molecule has 1 atom stereocenters. The number of hydrogen-bond acceptors (Lipinski definition) is 3. The Morgan fingerprint density at radius 2 is 2.21 bits per heavy atom. The SMILES string of the molecule is CCC(CNC)CNCCc1ccc2nc[nH]c2c1. The van der Waals surface area contributed by atoms with Crippen LogP contribution in [0.3, 0.4) is 0 Å². The molecule has 19 heavy (non-hydrogen) atoms. The Balaban J connectivity index is 1.75. The molecule has 4 nitrogen and oxygen atoms in total. The number of aromatic amines is 1. The van der Waals surface area contributed by atoms with Gasteiger partial charge in [0.1, 0.15) is 0 Å². The molecule has 0 aliphatic carbocycles. The minimum Gasteiger partial charge on any atom is -0.345 e. The van der Waals surface area contributed by atoms with E-state index >= 15 is 0 Å². The molecule has 0 saturated carbocycles. The Bertz CT molecular complexity index is 492. The summed E-state index contributed by atoms with van der Waals surface area (Å²) in [5.74, 6) is 0.722. The summed E-state index contributed by atoms with van der Waals surface area (Å²) in [5, 5.41) is 6.79. The lowest BCUT2D eigenvalue weighted by atomic mass is 10.1. The molecular weight excluding hydrogens is 236 g/mol. The fourth-order valence-corrected chi connectivity index (χ4v) is 2.33. The zero-order chi connectivity index (χ0) is 13.5. The van der Waals surface area contributed by atoms with Gasteiger partial charge in [0, 0.05) is 0 Å². The molecule has 0 amide bonds. The van der Waals surface area contributed by atoms with Gasteiger partial charge in [0.05, 0.1) is 17.4 Å². The Labute approximate surface area is 115 Å². The standard InChI is InChI=1S/C15H24N4/c1-3-12(9-16-2)10-17-7-6-13-4-5-14-15(8-13)19-11-18-14/h4-5,8,11-12,16-17H,3,6-7,9-10H2,1-2H3,(H,18,19). The van der Waals surface area contributed by atoms with Gasteiger partial charge in [0.25, 0.3) is 0 Å². The predicted octanol–water partition coefficient (Wildman–Crippen LogP) is 1.94. The molecule has 0 fully saturated rings. The quantitative estimate of drug-likeness (QED) is 0.636. The zero-order valence-corrected chi connectivity index (χ0v) is 11.9. The topological polar surface area (TPSA) is 52.7 Å². The van der Waals surface area contributed by atoms with Gasteiger partial charge in [-0.25, -0.2) is 4.98 Å². The molecule has 1 heterocycles. The van der Waals surface area contributed by atoms with Crippen molar-refractivity contribution in [3.8, 4) is 0 Å². The number of fused-ring (bicyclic) bond motifs is 1. The van der Waals surface area contributed by atoms with Crippen LogP contribution in [0.15, 0.2) is 24.5 Å². The first kappa shape index (κ1) is 14.0. The first-order valence-corrected chi connectivity index (χ1v) is 7.10. The van der Waals surface area contributed by atoms with E-state index in [-0.39, 0.29) is 0 Å². The van der Waals surface area contributed by atoms with Gasteiger partial charge >= 0.3 is 0 Å². The molecule has 4 heteroatoms. The first-order chi connectivity index (χ1) is 9.33. The first-order valence-electron chi connectivity index (χ1n) is 7.10. The third kappa shape index (κ3) is 4.04. The molecule has 0 spiro atoms. The number of benzene rings is 1. The number of aromatic nitrogens is 2. The van der Waals surface area contributed by atoms with Crippen molar-refractivity contribution >= 4 is 11.0 Å². The van der Waals surface area contributed by atoms with Crippen LogP contribution >= 0.6 is 0 Å². The Morgan fingerprint density at radius 3 is 3.00 bits per heavy atom. The summed E-state index contributed by atoms with van der Waals surface area (Å²) in [7, 11) is 2.02. The lowest BCUT2D eigenvalue weighted by Gasteiger charge is -2.15. The second kappa shape index (κ2) is 7.26. The predicted molar refractivity (Wildman–Crippen MR) is 80.4 cm³/mol. The molecule has 0 aliphatic heterocycles. The van der Waals surface area contributed by atoms with E-state index in [2.05, 4.69) is 45.7 Å². The van der Waals surface area contributed by atoms with Crippen molar-refractivity contribution in [1.82, 2.24) is 20.6 Å². The van der Waals surface area contributed by atoms with Crippen LogP contribution < -0.4 is 10.6 Å². The van der Waals surface area contributed by atoms with E-state index in [1.807, 2.05) is 7.05 Å². The summed E-state index contributed by atoms with van der Waals surface area (Å²) in [6.45, 7) is 5.45. The van der Waals surface area contributed by atoms with E-state index < -0.39 is 0 Å². The minimum absolute atomic E-state index is 0.722. The van der Waals surface area contributed by atoms with Gasteiger partial charge < -0.3 is 15.6 Å². The van der Waals surface area contributed by atoms with Crippen LogP contribution in [0.2, 0.25) is 0 Å². The van der Waals surface area contributed by atoms with Gasteiger partial charge in [0.15, 0.2) is 0 Å². The fourth-order valence-electron chi connectivity index (χ4n) is 2.33. The number of imidazole rings is 1. The van der Waals surface area contributed by atoms with Crippen LogP contribution in [-0.2, 0) is 6.42 Å². The largest absolute Gasteiger partial charge is 0.345 e. The molecule has 1 unspecified atom stereocenters. The smallest absolute Gasteiger partial charge is 0.0931 e. The normalized spacial score (nSPS) is 12.9. The summed E-state index contributed by atoms with van der Waals surface area (Å²) < 4.78 is 0. The molecule has 0 aliphatic rings. The lowest BCUT2D eigenvalue weighted by Crippen LogP contribution is -2.30. The van der Waals surface area contributed by atoms with Crippen molar-refractivity contribution in [3.63, 3.8) is 0 Å². The van der Waals surface area contributed by atoms with Crippen LogP contribution in [0.25, 0.3) is 11.0 Å². The molecule has 2 rings (SSSR count). The van der Waals surface area contributed by atoms with Gasteiger partial charge in [0.2, 0.25) is 0 Å². The maximum Gasteiger partial charge on any atom is 0.0931 e. The lowest BCUT2D eigenvalue weighted by molar-refractivity contribution is 0.447. The van der Waals surface area contributed by atoms with Crippen LogP contribution in [0.1, 0.15) is 18.9 Å². The van der Waals surface area contributed by atoms with Crippen LogP contribution in [0.4, 0.5) is 0 Å². The van der Waals surface area contributed by atoms with Gasteiger partial charge in [-0.3, -0.25) is 0 Å². The highest BCUT2D eigenvalue weighted by atomic mass is 14.9. The van der Waals surface area contributed by atoms with E-state index in [0.29, 0.717) is 0 Å². The summed E-state index contributed by atoms with van der Waals surface area (Å²) >= 11 is 0. The van der Waals surface area contributed by atoms with Gasteiger partial charge in [-0.05, 0) is 56.7 Å². The van der Waals surface area contributed by atoms with Crippen LogP contribution in [0, 0.1) is 5.92 Å².